The summed E-state index contributed by atoms with van der Waals surface area (Å²) in [5.74, 6) is -0.473. The lowest BCUT2D eigenvalue weighted by molar-refractivity contribution is -0.122. The van der Waals surface area contributed by atoms with E-state index in [0.717, 1.165) is 10.5 Å². The lowest BCUT2D eigenvalue weighted by Crippen LogP contribution is -2.54. The molecule has 7 heteroatoms. The topological polar surface area (TPSA) is 84.9 Å². The van der Waals surface area contributed by atoms with Gasteiger partial charge in [0.15, 0.2) is 0 Å². The molecule has 1 saturated heterocycles. The van der Waals surface area contributed by atoms with E-state index < -0.39 is 17.8 Å². The summed E-state index contributed by atoms with van der Waals surface area (Å²) in [4.78, 5) is 38.4. The van der Waals surface area contributed by atoms with Crippen LogP contribution in [0.4, 0.5) is 10.5 Å². The molecule has 0 bridgehead atoms. The Kier molecular flexibility index (Phi) is 4.94. The number of rotatable bonds is 4. The maximum atomic E-state index is 12.9. The van der Waals surface area contributed by atoms with E-state index in [-0.39, 0.29) is 5.57 Å². The Morgan fingerprint density at radius 2 is 1.78 bits per heavy atom. The maximum Gasteiger partial charge on any atom is 0.335 e. The van der Waals surface area contributed by atoms with Crippen LogP contribution < -0.4 is 19.7 Å². The first-order valence-electron chi connectivity index (χ1n) is 8.14. The van der Waals surface area contributed by atoms with E-state index in [9.17, 15) is 14.4 Å². The molecule has 0 unspecified atom stereocenters. The fraction of sp³-hybridized carbons (Fsp3) is 0.150. The number of anilines is 1. The summed E-state index contributed by atoms with van der Waals surface area (Å²) in [6, 6.07) is 11.1. The van der Waals surface area contributed by atoms with Crippen LogP contribution in [-0.2, 0) is 9.59 Å². The molecule has 1 aliphatic rings. The van der Waals surface area contributed by atoms with Crippen molar-refractivity contribution < 1.29 is 23.9 Å². The molecule has 4 amide bonds. The van der Waals surface area contributed by atoms with Crippen molar-refractivity contribution in [3.05, 3.63) is 59.2 Å². The van der Waals surface area contributed by atoms with Gasteiger partial charge in [-0.2, -0.15) is 0 Å². The first kappa shape index (κ1) is 18.2. The lowest BCUT2D eigenvalue weighted by Gasteiger charge is -2.26. The van der Waals surface area contributed by atoms with Crippen molar-refractivity contribution in [2.24, 2.45) is 0 Å². The quantitative estimate of drug-likeness (QED) is 0.664. The van der Waals surface area contributed by atoms with Crippen LogP contribution in [0.3, 0.4) is 0 Å². The van der Waals surface area contributed by atoms with E-state index in [4.69, 9.17) is 9.47 Å². The van der Waals surface area contributed by atoms with Gasteiger partial charge in [-0.3, -0.25) is 14.9 Å². The van der Waals surface area contributed by atoms with Gasteiger partial charge in [-0.15, -0.1) is 0 Å². The molecule has 0 spiro atoms. The zero-order valence-electron chi connectivity index (χ0n) is 15.1. The van der Waals surface area contributed by atoms with Crippen molar-refractivity contribution in [1.29, 1.82) is 0 Å². The summed E-state index contributed by atoms with van der Waals surface area (Å²) in [5, 5.41) is 2.20. The second-order valence-electron chi connectivity index (χ2n) is 5.90. The molecular formula is C20H18N2O5. The van der Waals surface area contributed by atoms with Gasteiger partial charge in [-0.25, -0.2) is 9.69 Å². The highest BCUT2D eigenvalue weighted by atomic mass is 16.5. The second-order valence-corrected chi connectivity index (χ2v) is 5.90. The molecule has 1 aliphatic heterocycles. The molecule has 0 aromatic heterocycles. The van der Waals surface area contributed by atoms with Crippen LogP contribution in [0.2, 0.25) is 0 Å². The van der Waals surface area contributed by atoms with Crippen LogP contribution in [0.25, 0.3) is 6.08 Å². The number of hydrogen-bond donors (Lipinski definition) is 1. The number of imide groups is 2. The minimum atomic E-state index is -0.787. The Morgan fingerprint density at radius 1 is 1.00 bits per heavy atom. The average molecular weight is 366 g/mol. The van der Waals surface area contributed by atoms with Crippen LogP contribution in [-0.4, -0.2) is 32.1 Å². The summed E-state index contributed by atoms with van der Waals surface area (Å²) in [7, 11) is 2.99. The van der Waals surface area contributed by atoms with Gasteiger partial charge in [-0.1, -0.05) is 12.1 Å². The van der Waals surface area contributed by atoms with Gasteiger partial charge in [0.05, 0.1) is 19.9 Å². The molecule has 1 N–H and O–H groups in total. The number of carbonyl (C=O) groups is 3. The number of ether oxygens (including phenoxy) is 2. The van der Waals surface area contributed by atoms with Gasteiger partial charge in [0.25, 0.3) is 11.8 Å². The van der Waals surface area contributed by atoms with Gasteiger partial charge >= 0.3 is 6.03 Å². The smallest absolute Gasteiger partial charge is 0.335 e. The third-order valence-corrected chi connectivity index (χ3v) is 4.10. The summed E-state index contributed by atoms with van der Waals surface area (Å²) in [5.41, 5.74) is 1.56. The zero-order valence-corrected chi connectivity index (χ0v) is 15.1. The van der Waals surface area contributed by atoms with E-state index in [1.165, 1.54) is 20.3 Å². The number of barbiturate groups is 1. The van der Waals surface area contributed by atoms with Crippen LogP contribution >= 0.6 is 0 Å². The van der Waals surface area contributed by atoms with Crippen molar-refractivity contribution in [2.75, 3.05) is 19.1 Å². The SMILES string of the molecule is COc1ccc(OC)c(C=C2C(=O)NC(=O)N(c3cccc(C)c3)C2=O)c1. The molecule has 27 heavy (non-hydrogen) atoms. The number of carbonyl (C=O) groups excluding carboxylic acids is 3. The number of nitrogens with one attached hydrogen (secondary N) is 1. The van der Waals surface area contributed by atoms with Gasteiger partial charge < -0.3 is 9.47 Å². The Balaban J connectivity index is 2.07. The molecule has 3 rings (SSSR count). The minimum absolute atomic E-state index is 0.178. The predicted octanol–water partition coefficient (Wildman–Crippen LogP) is 2.68. The lowest BCUT2D eigenvalue weighted by atomic mass is 10.1. The van der Waals surface area contributed by atoms with Crippen molar-refractivity contribution in [1.82, 2.24) is 5.32 Å². The molecule has 2 aromatic rings. The number of hydrogen-bond acceptors (Lipinski definition) is 5. The Morgan fingerprint density at radius 3 is 2.44 bits per heavy atom. The third kappa shape index (κ3) is 3.52. The zero-order chi connectivity index (χ0) is 19.6. The fourth-order valence-electron chi connectivity index (χ4n) is 2.77. The molecule has 0 radical (unpaired) electrons. The van der Waals surface area contributed by atoms with Crippen molar-refractivity contribution >= 4 is 29.6 Å². The largest absolute Gasteiger partial charge is 0.497 e. The van der Waals surface area contributed by atoms with Crippen LogP contribution in [0.5, 0.6) is 11.5 Å². The van der Waals surface area contributed by atoms with Crippen LogP contribution in [0.15, 0.2) is 48.0 Å². The van der Waals surface area contributed by atoms with Crippen LogP contribution in [0, 0.1) is 6.92 Å². The molecule has 1 fully saturated rings. The Bertz CT molecular complexity index is 965. The van der Waals surface area contributed by atoms with Gasteiger partial charge in [0, 0.05) is 5.56 Å². The molecule has 0 saturated carbocycles. The minimum Gasteiger partial charge on any atom is -0.497 e. The van der Waals surface area contributed by atoms with E-state index in [0.29, 0.717) is 22.7 Å². The predicted molar refractivity (Wildman–Crippen MR) is 99.7 cm³/mol. The van der Waals surface area contributed by atoms with Crippen LogP contribution in [0.1, 0.15) is 11.1 Å². The molecule has 1 heterocycles. The van der Waals surface area contributed by atoms with Crippen molar-refractivity contribution in [3.63, 3.8) is 0 Å². The highest BCUT2D eigenvalue weighted by Gasteiger charge is 2.37. The number of amides is 4. The summed E-state index contributed by atoms with van der Waals surface area (Å²) in [6.45, 7) is 1.85. The van der Waals surface area contributed by atoms with Crippen molar-refractivity contribution in [3.8, 4) is 11.5 Å². The molecule has 2 aromatic carbocycles. The number of methoxy groups -OCH3 is 2. The van der Waals surface area contributed by atoms with Gasteiger partial charge in [0.1, 0.15) is 17.1 Å². The van der Waals surface area contributed by atoms with E-state index in [1.807, 2.05) is 13.0 Å². The normalized spacial score (nSPS) is 15.7. The molecule has 7 nitrogen and oxygen atoms in total. The number of nitrogens with zero attached hydrogens (tertiary/aromatic N) is 1. The van der Waals surface area contributed by atoms with Gasteiger partial charge in [-0.05, 0) is 48.9 Å². The average Bonchev–Trinajstić information content (AvgIpc) is 2.64. The second kappa shape index (κ2) is 7.33. The summed E-state index contributed by atoms with van der Waals surface area (Å²) < 4.78 is 10.5. The monoisotopic (exact) mass is 366 g/mol. The summed E-state index contributed by atoms with van der Waals surface area (Å²) in [6.07, 6.45) is 1.38. The maximum absolute atomic E-state index is 12.9. The number of benzene rings is 2. The highest BCUT2D eigenvalue weighted by molar-refractivity contribution is 6.39. The molecule has 0 atom stereocenters. The van der Waals surface area contributed by atoms with Crippen molar-refractivity contribution in [2.45, 2.75) is 6.92 Å². The standard InChI is InChI=1S/C20H18N2O5/c1-12-5-4-6-14(9-12)22-19(24)16(18(23)21-20(22)25)11-13-10-15(26-2)7-8-17(13)27-3/h4-11H,1-3H3,(H,21,23,25). The van der Waals surface area contributed by atoms with E-state index in [2.05, 4.69) is 5.32 Å². The Hall–Kier alpha value is -3.61. The first-order valence-corrected chi connectivity index (χ1v) is 8.14. The van der Waals surface area contributed by atoms with Gasteiger partial charge in [0.2, 0.25) is 0 Å². The number of aryl methyl sites for hydroxylation is 1. The van der Waals surface area contributed by atoms with E-state index in [1.54, 1.807) is 36.4 Å². The number of urea groups is 1. The summed E-state index contributed by atoms with van der Waals surface area (Å²) >= 11 is 0. The first-order chi connectivity index (χ1) is 12.9. The fourth-order valence-corrected chi connectivity index (χ4v) is 2.77. The Labute approximate surface area is 156 Å². The third-order valence-electron chi connectivity index (χ3n) is 4.10. The van der Waals surface area contributed by atoms with E-state index >= 15 is 0 Å². The molecular weight excluding hydrogens is 348 g/mol. The highest BCUT2D eigenvalue weighted by Crippen LogP contribution is 2.28. The molecule has 0 aliphatic carbocycles. The molecule has 138 valence electrons.